The SMILES string of the molecule is NCC(F)(F)CNC(=O)c1ccc2c(c1)NC(=O)CS2. The second-order valence-electron chi connectivity index (χ2n) is 4.29. The van der Waals surface area contributed by atoms with Crippen LogP contribution < -0.4 is 16.4 Å². The average molecular weight is 301 g/mol. The molecule has 1 aromatic rings. The molecule has 1 aromatic carbocycles. The minimum atomic E-state index is -3.13. The van der Waals surface area contributed by atoms with Crippen LogP contribution >= 0.6 is 11.8 Å². The summed E-state index contributed by atoms with van der Waals surface area (Å²) in [6.07, 6.45) is 0. The van der Waals surface area contributed by atoms with Gasteiger partial charge in [0.05, 0.1) is 24.5 Å². The summed E-state index contributed by atoms with van der Waals surface area (Å²) in [7, 11) is 0. The van der Waals surface area contributed by atoms with E-state index in [1.807, 2.05) is 0 Å². The van der Waals surface area contributed by atoms with Crippen LogP contribution in [0.15, 0.2) is 23.1 Å². The highest BCUT2D eigenvalue weighted by Gasteiger charge is 2.27. The first-order valence-corrected chi connectivity index (χ1v) is 6.83. The van der Waals surface area contributed by atoms with Gasteiger partial charge < -0.3 is 16.4 Å². The maximum atomic E-state index is 13.0. The highest BCUT2D eigenvalue weighted by Crippen LogP contribution is 2.31. The van der Waals surface area contributed by atoms with Crippen molar-refractivity contribution in [3.05, 3.63) is 23.8 Å². The molecule has 4 N–H and O–H groups in total. The Morgan fingerprint density at radius 2 is 2.25 bits per heavy atom. The fourth-order valence-corrected chi connectivity index (χ4v) is 2.40. The van der Waals surface area contributed by atoms with E-state index >= 15 is 0 Å². The number of amides is 2. The summed E-state index contributed by atoms with van der Waals surface area (Å²) in [4.78, 5) is 23.9. The number of nitrogens with two attached hydrogens (primary N) is 1. The van der Waals surface area contributed by atoms with Crippen LogP contribution in [0.2, 0.25) is 0 Å². The van der Waals surface area contributed by atoms with Gasteiger partial charge in [0, 0.05) is 10.5 Å². The zero-order chi connectivity index (χ0) is 14.8. The van der Waals surface area contributed by atoms with Crippen molar-refractivity contribution in [2.75, 3.05) is 24.2 Å². The first-order chi connectivity index (χ1) is 9.41. The molecular weight excluding hydrogens is 288 g/mol. The van der Waals surface area contributed by atoms with Crippen LogP contribution in [-0.2, 0) is 4.79 Å². The maximum absolute atomic E-state index is 13.0. The third kappa shape index (κ3) is 3.45. The zero-order valence-corrected chi connectivity index (χ0v) is 11.2. The largest absolute Gasteiger partial charge is 0.346 e. The van der Waals surface area contributed by atoms with Gasteiger partial charge in [-0.05, 0) is 18.2 Å². The van der Waals surface area contributed by atoms with E-state index in [0.717, 1.165) is 4.90 Å². The van der Waals surface area contributed by atoms with Gasteiger partial charge in [-0.25, -0.2) is 8.78 Å². The number of fused-ring (bicyclic) bond motifs is 1. The summed E-state index contributed by atoms with van der Waals surface area (Å²) in [5, 5.41) is 4.75. The van der Waals surface area contributed by atoms with Crippen LogP contribution in [0.1, 0.15) is 10.4 Å². The standard InChI is InChI=1S/C12H13F2N3O2S/c13-12(14,5-15)6-16-11(19)7-1-2-9-8(3-7)17-10(18)4-20-9/h1-3H,4-6,15H2,(H,16,19)(H,17,18). The average Bonchev–Trinajstić information content (AvgIpc) is 2.44. The number of rotatable bonds is 4. The molecule has 1 aliphatic rings. The van der Waals surface area contributed by atoms with Gasteiger partial charge in [-0.1, -0.05) is 0 Å². The summed E-state index contributed by atoms with van der Waals surface area (Å²) in [5.41, 5.74) is 5.61. The third-order valence-corrected chi connectivity index (χ3v) is 3.75. The van der Waals surface area contributed by atoms with Crippen LogP contribution in [0.5, 0.6) is 0 Å². The maximum Gasteiger partial charge on any atom is 0.277 e. The fraction of sp³-hybridized carbons (Fsp3) is 0.333. The Kier molecular flexibility index (Phi) is 4.24. The zero-order valence-electron chi connectivity index (χ0n) is 10.4. The number of alkyl halides is 2. The molecule has 5 nitrogen and oxygen atoms in total. The Morgan fingerprint density at radius 1 is 1.50 bits per heavy atom. The first kappa shape index (κ1) is 14.7. The number of nitrogens with one attached hydrogen (secondary N) is 2. The van der Waals surface area contributed by atoms with E-state index in [2.05, 4.69) is 10.6 Å². The van der Waals surface area contributed by atoms with Crippen molar-refractivity contribution in [3.8, 4) is 0 Å². The van der Waals surface area contributed by atoms with Gasteiger partial charge in [0.1, 0.15) is 0 Å². The summed E-state index contributed by atoms with van der Waals surface area (Å²) in [6.45, 7) is -1.65. The molecule has 0 spiro atoms. The number of hydrogen-bond acceptors (Lipinski definition) is 4. The van der Waals surface area contributed by atoms with E-state index in [9.17, 15) is 18.4 Å². The van der Waals surface area contributed by atoms with Gasteiger partial charge in [0.25, 0.3) is 11.8 Å². The molecule has 2 amide bonds. The summed E-state index contributed by atoms with van der Waals surface area (Å²) >= 11 is 1.36. The normalized spacial score (nSPS) is 14.4. The summed E-state index contributed by atoms with van der Waals surface area (Å²) in [5.74, 6) is -3.60. The van der Waals surface area contributed by atoms with Crippen molar-refractivity contribution >= 4 is 29.3 Å². The third-order valence-electron chi connectivity index (χ3n) is 2.68. The van der Waals surface area contributed by atoms with Gasteiger partial charge >= 0.3 is 0 Å². The van der Waals surface area contributed by atoms with Crippen molar-refractivity contribution in [2.24, 2.45) is 5.73 Å². The van der Waals surface area contributed by atoms with Crippen molar-refractivity contribution in [1.29, 1.82) is 0 Å². The Labute approximate surface area is 118 Å². The Balaban J connectivity index is 2.08. The number of anilines is 1. The van der Waals surface area contributed by atoms with E-state index in [1.54, 1.807) is 6.07 Å². The van der Waals surface area contributed by atoms with Gasteiger partial charge in [-0.15, -0.1) is 11.8 Å². The Hall–Kier alpha value is -1.67. The molecule has 1 aliphatic heterocycles. The number of carbonyl (C=O) groups excluding carboxylic acids is 2. The molecular formula is C12H13F2N3O2S. The lowest BCUT2D eigenvalue weighted by Gasteiger charge is -2.18. The highest BCUT2D eigenvalue weighted by molar-refractivity contribution is 8.00. The van der Waals surface area contributed by atoms with E-state index in [0.29, 0.717) is 11.4 Å². The number of benzene rings is 1. The fourth-order valence-electron chi connectivity index (χ4n) is 1.61. The van der Waals surface area contributed by atoms with Crippen LogP contribution in [-0.4, -0.2) is 36.6 Å². The van der Waals surface area contributed by atoms with Crippen molar-refractivity contribution in [1.82, 2.24) is 5.32 Å². The van der Waals surface area contributed by atoms with Crippen LogP contribution in [0.3, 0.4) is 0 Å². The molecule has 1 heterocycles. The number of halogens is 2. The number of thioether (sulfide) groups is 1. The van der Waals surface area contributed by atoms with Gasteiger partial charge in [-0.2, -0.15) is 0 Å². The molecule has 0 aliphatic carbocycles. The molecule has 0 fully saturated rings. The van der Waals surface area contributed by atoms with Crippen LogP contribution in [0.25, 0.3) is 0 Å². The van der Waals surface area contributed by atoms with Gasteiger partial charge in [0.2, 0.25) is 5.91 Å². The van der Waals surface area contributed by atoms with Crippen molar-refractivity contribution in [3.63, 3.8) is 0 Å². The molecule has 0 aromatic heterocycles. The lowest BCUT2D eigenvalue weighted by atomic mass is 10.1. The van der Waals surface area contributed by atoms with Crippen LogP contribution in [0, 0.1) is 0 Å². The molecule has 0 saturated carbocycles. The first-order valence-electron chi connectivity index (χ1n) is 5.84. The molecule has 2 rings (SSSR count). The lowest BCUT2D eigenvalue weighted by Crippen LogP contribution is -2.41. The predicted molar refractivity (Wildman–Crippen MR) is 72.1 cm³/mol. The lowest BCUT2D eigenvalue weighted by molar-refractivity contribution is -0.113. The molecule has 8 heteroatoms. The molecule has 0 radical (unpaired) electrons. The molecule has 0 unspecified atom stereocenters. The Bertz CT molecular complexity index is 552. The quantitative estimate of drug-likeness (QED) is 0.776. The highest BCUT2D eigenvalue weighted by atomic mass is 32.2. The molecule has 0 saturated heterocycles. The van der Waals surface area contributed by atoms with Gasteiger partial charge in [-0.3, -0.25) is 9.59 Å². The molecule has 20 heavy (non-hydrogen) atoms. The monoisotopic (exact) mass is 301 g/mol. The van der Waals surface area contributed by atoms with E-state index in [4.69, 9.17) is 5.73 Å². The van der Waals surface area contributed by atoms with Crippen molar-refractivity contribution in [2.45, 2.75) is 10.8 Å². The topological polar surface area (TPSA) is 84.2 Å². The summed E-state index contributed by atoms with van der Waals surface area (Å²) in [6, 6.07) is 4.67. The molecule has 108 valence electrons. The number of carbonyl (C=O) groups is 2. The second kappa shape index (κ2) is 5.76. The predicted octanol–water partition coefficient (Wildman–Crippen LogP) is 1.05. The smallest absolute Gasteiger partial charge is 0.277 e. The van der Waals surface area contributed by atoms with E-state index < -0.39 is 24.9 Å². The van der Waals surface area contributed by atoms with E-state index in [-0.39, 0.29) is 11.5 Å². The Morgan fingerprint density at radius 3 is 2.95 bits per heavy atom. The minimum absolute atomic E-state index is 0.158. The van der Waals surface area contributed by atoms with Crippen molar-refractivity contribution < 1.29 is 18.4 Å². The number of hydrogen-bond donors (Lipinski definition) is 3. The minimum Gasteiger partial charge on any atom is -0.346 e. The second-order valence-corrected chi connectivity index (χ2v) is 5.31. The summed E-state index contributed by atoms with van der Waals surface area (Å²) < 4.78 is 25.9. The van der Waals surface area contributed by atoms with Crippen LogP contribution in [0.4, 0.5) is 14.5 Å². The van der Waals surface area contributed by atoms with Gasteiger partial charge in [0.15, 0.2) is 0 Å². The molecule has 0 bridgehead atoms. The molecule has 0 atom stereocenters. The van der Waals surface area contributed by atoms with E-state index in [1.165, 1.54) is 23.9 Å².